The molecule has 128 valence electrons. The highest BCUT2D eigenvalue weighted by Crippen LogP contribution is 2.25. The van der Waals surface area contributed by atoms with Crippen LogP contribution in [0.25, 0.3) is 33.8 Å². The molecule has 0 aliphatic rings. The summed E-state index contributed by atoms with van der Waals surface area (Å²) in [6, 6.07) is 12.1. The van der Waals surface area contributed by atoms with Gasteiger partial charge in [-0.15, -0.1) is 0 Å². The molecule has 0 saturated heterocycles. The lowest BCUT2D eigenvalue weighted by Gasteiger charge is -2.03. The van der Waals surface area contributed by atoms with E-state index in [9.17, 15) is 0 Å². The number of imidazole rings is 2. The summed E-state index contributed by atoms with van der Waals surface area (Å²) in [5, 5.41) is 4.45. The van der Waals surface area contributed by atoms with Crippen molar-refractivity contribution in [3.8, 4) is 11.6 Å². The lowest BCUT2D eigenvalue weighted by atomic mass is 10.3. The molecule has 26 heavy (non-hydrogen) atoms. The van der Waals surface area contributed by atoms with Gasteiger partial charge in [-0.2, -0.15) is 5.10 Å². The van der Waals surface area contributed by atoms with Gasteiger partial charge in [-0.05, 0) is 36.8 Å². The number of aromatic nitrogens is 7. The Balaban J connectivity index is 1.61. The van der Waals surface area contributed by atoms with Crippen LogP contribution in [0.2, 0.25) is 0 Å². The Labute approximate surface area is 149 Å². The molecule has 0 saturated carbocycles. The molecule has 5 aromatic rings. The molecule has 0 spiro atoms. The molecule has 0 unspecified atom stereocenters. The number of benzene rings is 1. The van der Waals surface area contributed by atoms with Gasteiger partial charge in [0.15, 0.2) is 17.3 Å². The summed E-state index contributed by atoms with van der Waals surface area (Å²) in [6.45, 7) is 3.60. The molecule has 0 aliphatic heterocycles. The van der Waals surface area contributed by atoms with E-state index < -0.39 is 0 Å². The fourth-order valence-corrected chi connectivity index (χ4v) is 3.31. The van der Waals surface area contributed by atoms with E-state index in [2.05, 4.69) is 32.6 Å². The normalized spacial score (nSPS) is 11.6. The highest BCUT2D eigenvalue weighted by Gasteiger charge is 2.17. The van der Waals surface area contributed by atoms with E-state index in [0.717, 1.165) is 46.0 Å². The van der Waals surface area contributed by atoms with Crippen molar-refractivity contribution < 1.29 is 0 Å². The largest absolute Gasteiger partial charge is 0.333 e. The van der Waals surface area contributed by atoms with Crippen LogP contribution >= 0.6 is 0 Å². The zero-order valence-electron chi connectivity index (χ0n) is 14.3. The van der Waals surface area contributed by atoms with Crippen molar-refractivity contribution in [1.29, 1.82) is 0 Å². The van der Waals surface area contributed by atoms with Crippen LogP contribution in [0.3, 0.4) is 0 Å². The Morgan fingerprint density at radius 1 is 1.04 bits per heavy atom. The molecule has 0 aliphatic carbocycles. The highest BCUT2D eigenvalue weighted by atomic mass is 15.3. The highest BCUT2D eigenvalue weighted by molar-refractivity contribution is 5.81. The Morgan fingerprint density at radius 3 is 2.73 bits per heavy atom. The van der Waals surface area contributed by atoms with E-state index >= 15 is 0 Å². The van der Waals surface area contributed by atoms with E-state index in [0.29, 0.717) is 6.54 Å². The molecule has 4 heterocycles. The van der Waals surface area contributed by atoms with Gasteiger partial charge in [0.2, 0.25) is 0 Å². The summed E-state index contributed by atoms with van der Waals surface area (Å²) in [5.41, 5.74) is 4.96. The molecule has 0 amide bonds. The van der Waals surface area contributed by atoms with E-state index in [-0.39, 0.29) is 0 Å². The minimum Gasteiger partial charge on any atom is -0.333 e. The van der Waals surface area contributed by atoms with Crippen LogP contribution in [0.15, 0.2) is 55.0 Å². The van der Waals surface area contributed by atoms with Crippen LogP contribution in [0, 0.1) is 0 Å². The maximum Gasteiger partial charge on any atom is 0.177 e. The second kappa shape index (κ2) is 5.80. The van der Waals surface area contributed by atoms with Crippen molar-refractivity contribution >= 4 is 22.2 Å². The van der Waals surface area contributed by atoms with Gasteiger partial charge in [0.25, 0.3) is 0 Å². The van der Waals surface area contributed by atoms with Crippen molar-refractivity contribution in [2.24, 2.45) is 0 Å². The first-order valence-corrected chi connectivity index (χ1v) is 8.59. The van der Waals surface area contributed by atoms with Crippen molar-refractivity contribution in [2.75, 3.05) is 0 Å². The van der Waals surface area contributed by atoms with Crippen molar-refractivity contribution in [3.63, 3.8) is 0 Å². The molecule has 4 aromatic heterocycles. The molecule has 0 bridgehead atoms. The van der Waals surface area contributed by atoms with Crippen LogP contribution < -0.4 is 0 Å². The van der Waals surface area contributed by atoms with E-state index in [1.165, 1.54) is 0 Å². The number of para-hydroxylation sites is 2. The first-order valence-electron chi connectivity index (χ1n) is 8.59. The quantitative estimate of drug-likeness (QED) is 0.543. The number of nitrogens with zero attached hydrogens (tertiary/aromatic N) is 6. The SMILES string of the molecule is CCn1c(-c2nc3c(cnn3Cc3ccncc3)[nH]2)nc2ccccc21. The second-order valence-electron chi connectivity index (χ2n) is 6.15. The average molecular weight is 343 g/mol. The fourth-order valence-electron chi connectivity index (χ4n) is 3.31. The number of H-pyrrole nitrogens is 1. The first kappa shape index (κ1) is 14.8. The number of nitrogens with one attached hydrogen (secondary N) is 1. The number of rotatable bonds is 4. The molecule has 7 nitrogen and oxygen atoms in total. The zero-order valence-corrected chi connectivity index (χ0v) is 14.3. The van der Waals surface area contributed by atoms with Gasteiger partial charge in [-0.25, -0.2) is 14.6 Å². The monoisotopic (exact) mass is 343 g/mol. The topological polar surface area (TPSA) is 77.2 Å². The number of fused-ring (bicyclic) bond motifs is 2. The summed E-state index contributed by atoms with van der Waals surface area (Å²) in [5.74, 6) is 1.61. The fraction of sp³-hybridized carbons (Fsp3) is 0.158. The minimum atomic E-state index is 0.653. The van der Waals surface area contributed by atoms with Crippen LogP contribution in [-0.2, 0) is 13.1 Å². The summed E-state index contributed by atoms with van der Waals surface area (Å²) < 4.78 is 4.07. The molecule has 5 rings (SSSR count). The molecule has 7 heteroatoms. The summed E-state index contributed by atoms with van der Waals surface area (Å²) in [7, 11) is 0. The molecule has 0 radical (unpaired) electrons. The third-order valence-electron chi connectivity index (χ3n) is 4.55. The Bertz CT molecular complexity index is 1200. The van der Waals surface area contributed by atoms with Gasteiger partial charge in [0, 0.05) is 18.9 Å². The Morgan fingerprint density at radius 2 is 1.88 bits per heavy atom. The third-order valence-corrected chi connectivity index (χ3v) is 4.55. The second-order valence-corrected chi connectivity index (χ2v) is 6.15. The van der Waals surface area contributed by atoms with Gasteiger partial charge < -0.3 is 9.55 Å². The van der Waals surface area contributed by atoms with Crippen LogP contribution in [0.5, 0.6) is 0 Å². The standard InChI is InChI=1S/C19H17N7/c1-2-25-16-6-4-3-5-14(16)23-19(25)17-22-15-11-21-26(18(15)24-17)12-13-7-9-20-10-8-13/h3-11H,2,12H2,1H3,(H,22,24). The van der Waals surface area contributed by atoms with E-state index in [4.69, 9.17) is 9.97 Å². The van der Waals surface area contributed by atoms with Crippen LogP contribution in [-0.4, -0.2) is 34.3 Å². The smallest absolute Gasteiger partial charge is 0.177 e. The lowest BCUT2D eigenvalue weighted by molar-refractivity contribution is 0.703. The summed E-state index contributed by atoms with van der Waals surface area (Å²) in [4.78, 5) is 17.0. The maximum atomic E-state index is 4.79. The maximum absolute atomic E-state index is 4.79. The minimum absolute atomic E-state index is 0.653. The van der Waals surface area contributed by atoms with Crippen molar-refractivity contribution in [2.45, 2.75) is 20.0 Å². The lowest BCUT2D eigenvalue weighted by Crippen LogP contribution is -2.02. The summed E-state index contributed by atoms with van der Waals surface area (Å²) in [6.07, 6.45) is 5.39. The number of aryl methyl sites for hydroxylation is 1. The van der Waals surface area contributed by atoms with Gasteiger partial charge in [0.05, 0.1) is 23.8 Å². The summed E-state index contributed by atoms with van der Waals surface area (Å²) >= 11 is 0. The van der Waals surface area contributed by atoms with E-state index in [1.54, 1.807) is 12.4 Å². The number of aromatic amines is 1. The third kappa shape index (κ3) is 2.28. The molecule has 1 aromatic carbocycles. The van der Waals surface area contributed by atoms with Gasteiger partial charge in [-0.3, -0.25) is 4.98 Å². The molecular formula is C19H17N7. The van der Waals surface area contributed by atoms with Gasteiger partial charge in [-0.1, -0.05) is 12.1 Å². The Hall–Kier alpha value is -3.48. The van der Waals surface area contributed by atoms with Crippen LogP contribution in [0.1, 0.15) is 12.5 Å². The first-order chi connectivity index (χ1) is 12.8. The Kier molecular flexibility index (Phi) is 3.31. The molecule has 0 atom stereocenters. The predicted molar refractivity (Wildman–Crippen MR) is 99.6 cm³/mol. The number of pyridine rings is 1. The van der Waals surface area contributed by atoms with E-state index in [1.807, 2.05) is 41.2 Å². The molecule has 0 fully saturated rings. The van der Waals surface area contributed by atoms with Gasteiger partial charge >= 0.3 is 0 Å². The molecule has 1 N–H and O–H groups in total. The number of hydrogen-bond donors (Lipinski definition) is 1. The van der Waals surface area contributed by atoms with Crippen molar-refractivity contribution in [1.82, 2.24) is 34.3 Å². The van der Waals surface area contributed by atoms with Crippen LogP contribution in [0.4, 0.5) is 0 Å². The average Bonchev–Trinajstić information content (AvgIpc) is 3.35. The number of hydrogen-bond acceptors (Lipinski definition) is 4. The predicted octanol–water partition coefficient (Wildman–Crippen LogP) is 3.24. The van der Waals surface area contributed by atoms with Gasteiger partial charge in [0.1, 0.15) is 5.52 Å². The molecular weight excluding hydrogens is 326 g/mol. The van der Waals surface area contributed by atoms with Crippen molar-refractivity contribution in [3.05, 3.63) is 60.6 Å². The zero-order chi connectivity index (χ0) is 17.5.